The van der Waals surface area contributed by atoms with E-state index in [0.29, 0.717) is 30.0 Å². The van der Waals surface area contributed by atoms with Crippen LogP contribution in [0.1, 0.15) is 36.9 Å². The Morgan fingerprint density at radius 3 is 2.57 bits per heavy atom. The molecule has 0 spiro atoms. The van der Waals surface area contributed by atoms with Gasteiger partial charge in [0.2, 0.25) is 5.91 Å². The zero-order valence-corrected chi connectivity index (χ0v) is 21.2. The van der Waals surface area contributed by atoms with Gasteiger partial charge >= 0.3 is 5.97 Å². The maximum absolute atomic E-state index is 13.2. The van der Waals surface area contributed by atoms with Crippen LogP contribution in [-0.4, -0.2) is 48.1 Å². The van der Waals surface area contributed by atoms with E-state index < -0.39 is 12.0 Å². The number of allylic oxidation sites excluding steroid dienone is 1. The van der Waals surface area contributed by atoms with E-state index >= 15 is 0 Å². The molecule has 2 aliphatic rings. The first-order valence-corrected chi connectivity index (χ1v) is 12.3. The number of carbonyl (C=O) groups excluding carboxylic acids is 2. The summed E-state index contributed by atoms with van der Waals surface area (Å²) in [5.41, 5.74) is 3.89. The van der Waals surface area contributed by atoms with Gasteiger partial charge in [0.05, 0.1) is 38.0 Å². The fraction of sp³-hybridized carbons (Fsp3) is 0.296. The molecule has 0 fully saturated rings. The number of nitrogens with zero attached hydrogens (tertiary/aromatic N) is 3. The van der Waals surface area contributed by atoms with E-state index in [4.69, 9.17) is 14.5 Å². The molecular weight excluding hydrogens is 462 g/mol. The maximum Gasteiger partial charge on any atom is 0.338 e. The predicted octanol–water partition coefficient (Wildman–Crippen LogP) is 4.88. The summed E-state index contributed by atoms with van der Waals surface area (Å²) in [6.45, 7) is 2.49. The van der Waals surface area contributed by atoms with Crippen LogP contribution in [-0.2, 0) is 20.9 Å². The first kappa shape index (κ1) is 24.6. The van der Waals surface area contributed by atoms with Crippen LogP contribution in [0.3, 0.4) is 0 Å². The van der Waals surface area contributed by atoms with E-state index in [1.54, 1.807) is 19.1 Å². The SMILES string of the molecule is CCC1=C(C(=O)OC)C(c2cccc(OC)c2)N2C(CC(=O)N(C)Cc3ccccc3)=CSC2=N1. The number of amidine groups is 1. The molecule has 0 N–H and O–H groups in total. The van der Waals surface area contributed by atoms with Gasteiger partial charge in [-0.1, -0.05) is 61.2 Å². The van der Waals surface area contributed by atoms with Crippen molar-refractivity contribution in [2.75, 3.05) is 21.3 Å². The summed E-state index contributed by atoms with van der Waals surface area (Å²) in [4.78, 5) is 34.7. The Bertz CT molecular complexity index is 1210. The molecule has 4 rings (SSSR count). The van der Waals surface area contributed by atoms with Crippen molar-refractivity contribution in [1.29, 1.82) is 0 Å². The highest BCUT2D eigenvalue weighted by Crippen LogP contribution is 2.46. The number of amides is 1. The number of ether oxygens (including phenoxy) is 2. The van der Waals surface area contributed by atoms with Crippen molar-refractivity contribution in [1.82, 2.24) is 9.80 Å². The summed E-state index contributed by atoms with van der Waals surface area (Å²) < 4.78 is 10.6. The van der Waals surface area contributed by atoms with Gasteiger partial charge in [-0.25, -0.2) is 9.79 Å². The van der Waals surface area contributed by atoms with E-state index in [0.717, 1.165) is 22.0 Å². The molecule has 1 atom stereocenters. The van der Waals surface area contributed by atoms with Gasteiger partial charge in [-0.2, -0.15) is 0 Å². The van der Waals surface area contributed by atoms with E-state index in [1.807, 2.05) is 71.8 Å². The average molecular weight is 492 g/mol. The molecule has 0 bridgehead atoms. The fourth-order valence-electron chi connectivity index (χ4n) is 4.27. The normalized spacial score (nSPS) is 16.9. The lowest BCUT2D eigenvalue weighted by Gasteiger charge is -2.37. The first-order valence-electron chi connectivity index (χ1n) is 11.4. The Morgan fingerprint density at radius 2 is 1.89 bits per heavy atom. The van der Waals surface area contributed by atoms with Gasteiger partial charge in [0.25, 0.3) is 0 Å². The Kier molecular flexibility index (Phi) is 7.60. The minimum absolute atomic E-state index is 0.0174. The van der Waals surface area contributed by atoms with E-state index in [-0.39, 0.29) is 12.3 Å². The third-order valence-electron chi connectivity index (χ3n) is 6.06. The lowest BCUT2D eigenvalue weighted by molar-refractivity contribution is -0.136. The highest BCUT2D eigenvalue weighted by atomic mass is 32.2. The largest absolute Gasteiger partial charge is 0.497 e. The Labute approximate surface area is 210 Å². The van der Waals surface area contributed by atoms with Crippen LogP contribution in [0.5, 0.6) is 5.75 Å². The Balaban J connectivity index is 1.67. The summed E-state index contributed by atoms with van der Waals surface area (Å²) >= 11 is 1.47. The number of fused-ring (bicyclic) bond motifs is 1. The average Bonchev–Trinajstić information content (AvgIpc) is 3.29. The quantitative estimate of drug-likeness (QED) is 0.490. The predicted molar refractivity (Wildman–Crippen MR) is 138 cm³/mol. The number of hydrogen-bond acceptors (Lipinski definition) is 7. The van der Waals surface area contributed by atoms with Crippen LogP contribution >= 0.6 is 11.8 Å². The number of rotatable bonds is 8. The summed E-state index contributed by atoms with van der Waals surface area (Å²) in [7, 11) is 4.79. The zero-order valence-electron chi connectivity index (χ0n) is 20.4. The molecule has 2 aromatic rings. The lowest BCUT2D eigenvalue weighted by Crippen LogP contribution is -2.38. The van der Waals surface area contributed by atoms with Crippen molar-refractivity contribution in [3.05, 3.63) is 88.1 Å². The van der Waals surface area contributed by atoms with E-state index in [9.17, 15) is 9.59 Å². The number of aliphatic imine (C=N–C) groups is 1. The van der Waals surface area contributed by atoms with Gasteiger partial charge in [-0.15, -0.1) is 0 Å². The van der Waals surface area contributed by atoms with E-state index in [1.165, 1.54) is 18.9 Å². The molecule has 35 heavy (non-hydrogen) atoms. The number of benzene rings is 2. The fourth-order valence-corrected chi connectivity index (χ4v) is 5.21. The molecule has 0 aromatic heterocycles. The molecule has 0 aliphatic carbocycles. The van der Waals surface area contributed by atoms with Crippen molar-refractivity contribution in [3.63, 3.8) is 0 Å². The second kappa shape index (κ2) is 10.8. The van der Waals surface area contributed by atoms with Crippen LogP contribution < -0.4 is 4.74 Å². The molecule has 0 saturated carbocycles. The molecule has 2 aliphatic heterocycles. The number of esters is 1. The second-order valence-corrected chi connectivity index (χ2v) is 9.12. The third kappa shape index (κ3) is 5.12. The Hall–Kier alpha value is -3.52. The van der Waals surface area contributed by atoms with Gasteiger partial charge in [0.1, 0.15) is 5.75 Å². The van der Waals surface area contributed by atoms with Crippen molar-refractivity contribution >= 4 is 28.8 Å². The monoisotopic (exact) mass is 491 g/mol. The van der Waals surface area contributed by atoms with Crippen molar-refractivity contribution in [3.8, 4) is 5.75 Å². The number of hydrogen-bond donors (Lipinski definition) is 0. The van der Waals surface area contributed by atoms with Crippen LogP contribution in [0.25, 0.3) is 0 Å². The summed E-state index contributed by atoms with van der Waals surface area (Å²) in [5.74, 6) is 0.238. The summed E-state index contributed by atoms with van der Waals surface area (Å²) in [6, 6.07) is 17.0. The van der Waals surface area contributed by atoms with Crippen LogP contribution in [0.15, 0.2) is 82.0 Å². The van der Waals surface area contributed by atoms with E-state index in [2.05, 4.69) is 0 Å². The molecule has 182 valence electrons. The third-order valence-corrected chi connectivity index (χ3v) is 6.95. The second-order valence-electron chi connectivity index (χ2n) is 8.29. The van der Waals surface area contributed by atoms with Gasteiger partial charge in [-0.05, 0) is 35.1 Å². The molecule has 2 aromatic carbocycles. The molecule has 8 heteroatoms. The molecule has 2 heterocycles. The number of methoxy groups -OCH3 is 2. The summed E-state index contributed by atoms with van der Waals surface area (Å²) in [6.07, 6.45) is 0.766. The van der Waals surface area contributed by atoms with Gasteiger partial charge in [-0.3, -0.25) is 4.79 Å². The van der Waals surface area contributed by atoms with Crippen LogP contribution in [0.2, 0.25) is 0 Å². The minimum atomic E-state index is -0.478. The number of thioether (sulfide) groups is 1. The van der Waals surface area contributed by atoms with Crippen molar-refractivity contribution in [2.45, 2.75) is 32.4 Å². The topological polar surface area (TPSA) is 71.4 Å². The molecular formula is C27H29N3O4S. The van der Waals surface area contributed by atoms with Crippen LogP contribution in [0.4, 0.5) is 0 Å². The van der Waals surface area contributed by atoms with Crippen LogP contribution in [0, 0.1) is 0 Å². The Morgan fingerprint density at radius 1 is 1.11 bits per heavy atom. The smallest absolute Gasteiger partial charge is 0.338 e. The zero-order chi connectivity index (χ0) is 24.9. The highest BCUT2D eigenvalue weighted by Gasteiger charge is 2.41. The molecule has 0 radical (unpaired) electrons. The van der Waals surface area contributed by atoms with Crippen molar-refractivity contribution in [2.24, 2.45) is 4.99 Å². The standard InChI is InChI=1S/C27H29N3O4S/c1-5-22-24(26(32)34-4)25(19-12-9-13-21(14-19)33-3)30-20(17-35-27(30)28-22)15-23(31)29(2)16-18-10-7-6-8-11-18/h6-14,17,25H,5,15-16H2,1-4H3. The molecule has 7 nitrogen and oxygen atoms in total. The summed E-state index contributed by atoms with van der Waals surface area (Å²) in [5, 5.41) is 2.70. The highest BCUT2D eigenvalue weighted by molar-refractivity contribution is 8.16. The molecule has 1 amide bonds. The first-order chi connectivity index (χ1) is 17.0. The van der Waals surface area contributed by atoms with Gasteiger partial charge in [0, 0.05) is 19.3 Å². The lowest BCUT2D eigenvalue weighted by atomic mass is 9.92. The van der Waals surface area contributed by atoms with Crippen molar-refractivity contribution < 1.29 is 19.1 Å². The van der Waals surface area contributed by atoms with Gasteiger partial charge < -0.3 is 19.3 Å². The van der Waals surface area contributed by atoms with Gasteiger partial charge in [0.15, 0.2) is 5.17 Å². The minimum Gasteiger partial charge on any atom is -0.497 e. The maximum atomic E-state index is 13.2. The number of carbonyl (C=O) groups is 2. The molecule has 0 saturated heterocycles. The molecule has 1 unspecified atom stereocenters.